The molecule has 0 aliphatic carbocycles. The second-order valence-electron chi connectivity index (χ2n) is 5.38. The minimum Gasteiger partial charge on any atom is -0.488 e. The summed E-state index contributed by atoms with van der Waals surface area (Å²) >= 11 is 5.97. The van der Waals surface area contributed by atoms with Crippen molar-refractivity contribution in [3.63, 3.8) is 0 Å². The molecular weight excluding hydrogens is 344 g/mol. The second-order valence-corrected chi connectivity index (χ2v) is 5.81. The molecule has 2 amide bonds. The molecule has 1 aliphatic heterocycles. The first-order chi connectivity index (χ1) is 12.0. The van der Waals surface area contributed by atoms with E-state index in [0.717, 1.165) is 5.56 Å². The van der Waals surface area contributed by atoms with Gasteiger partial charge in [0.25, 0.3) is 11.8 Å². The quantitative estimate of drug-likeness (QED) is 0.859. The van der Waals surface area contributed by atoms with Gasteiger partial charge in [-0.3, -0.25) is 9.59 Å². The fourth-order valence-electron chi connectivity index (χ4n) is 2.31. The van der Waals surface area contributed by atoms with E-state index in [2.05, 4.69) is 5.32 Å². The molecule has 0 bridgehead atoms. The molecule has 0 unspecified atom stereocenters. The highest BCUT2D eigenvalue weighted by molar-refractivity contribution is 6.30. The Bertz CT molecular complexity index is 864. The molecule has 0 saturated carbocycles. The van der Waals surface area contributed by atoms with Gasteiger partial charge in [0.15, 0.2) is 6.61 Å². The molecule has 3 rings (SSSR count). The van der Waals surface area contributed by atoms with Crippen LogP contribution in [0.4, 0.5) is 5.69 Å². The van der Waals surface area contributed by atoms with Gasteiger partial charge >= 0.3 is 0 Å². The summed E-state index contributed by atoms with van der Waals surface area (Å²) in [6.07, 6.45) is 1.74. The summed E-state index contributed by atoms with van der Waals surface area (Å²) in [5.41, 5.74) is 6.80. The van der Waals surface area contributed by atoms with Gasteiger partial charge in [0.2, 0.25) is 0 Å². The number of primary amides is 1. The Morgan fingerprint density at radius 2 is 2.08 bits per heavy atom. The molecular formula is C18H15ClN2O4. The molecule has 0 aromatic heterocycles. The number of carbonyl (C=O) groups is 2. The first kappa shape index (κ1) is 16.9. The molecule has 0 spiro atoms. The van der Waals surface area contributed by atoms with Gasteiger partial charge in [-0.05, 0) is 36.4 Å². The SMILES string of the molecule is NC(=O)COc1cccc(NC(=O)C2=Cc3cc(Cl)ccc3OC2)c1. The Hall–Kier alpha value is -2.99. The van der Waals surface area contributed by atoms with Crippen molar-refractivity contribution in [3.8, 4) is 11.5 Å². The maximum Gasteiger partial charge on any atom is 0.255 e. The van der Waals surface area contributed by atoms with Crippen molar-refractivity contribution < 1.29 is 19.1 Å². The van der Waals surface area contributed by atoms with Crippen LogP contribution >= 0.6 is 11.6 Å². The van der Waals surface area contributed by atoms with Gasteiger partial charge in [0.1, 0.15) is 18.1 Å². The van der Waals surface area contributed by atoms with Crippen LogP contribution in [0.15, 0.2) is 48.0 Å². The number of rotatable bonds is 5. The van der Waals surface area contributed by atoms with Crippen molar-refractivity contribution in [1.29, 1.82) is 0 Å². The standard InChI is InChI=1S/C18H15ClN2O4/c19-13-4-5-16-11(7-13)6-12(9-25-16)18(23)21-14-2-1-3-15(8-14)24-10-17(20)22/h1-8H,9-10H2,(H2,20,22)(H,21,23). The molecule has 25 heavy (non-hydrogen) atoms. The van der Waals surface area contributed by atoms with Gasteiger partial charge in [-0.25, -0.2) is 0 Å². The molecule has 3 N–H and O–H groups in total. The van der Waals surface area contributed by atoms with E-state index in [4.69, 9.17) is 26.8 Å². The van der Waals surface area contributed by atoms with Crippen molar-refractivity contribution in [2.75, 3.05) is 18.5 Å². The van der Waals surface area contributed by atoms with Crippen LogP contribution in [0.5, 0.6) is 11.5 Å². The third-order valence-corrected chi connectivity index (χ3v) is 3.68. The second kappa shape index (κ2) is 7.27. The monoisotopic (exact) mass is 358 g/mol. The van der Waals surface area contributed by atoms with Gasteiger partial charge < -0.3 is 20.5 Å². The average Bonchev–Trinajstić information content (AvgIpc) is 2.59. The Labute approximate surface area is 149 Å². The van der Waals surface area contributed by atoms with Crippen LogP contribution in [0.3, 0.4) is 0 Å². The lowest BCUT2D eigenvalue weighted by Crippen LogP contribution is -2.21. The molecule has 128 valence electrons. The topological polar surface area (TPSA) is 90.7 Å². The highest BCUT2D eigenvalue weighted by atomic mass is 35.5. The summed E-state index contributed by atoms with van der Waals surface area (Å²) in [7, 11) is 0. The molecule has 7 heteroatoms. The Kier molecular flexibility index (Phi) is 4.90. The highest BCUT2D eigenvalue weighted by Crippen LogP contribution is 2.29. The molecule has 2 aromatic carbocycles. The number of nitrogens with one attached hydrogen (secondary N) is 1. The van der Waals surface area contributed by atoms with Crippen molar-refractivity contribution >= 4 is 35.2 Å². The van der Waals surface area contributed by atoms with E-state index < -0.39 is 5.91 Å². The summed E-state index contributed by atoms with van der Waals surface area (Å²) in [6, 6.07) is 11.9. The zero-order valence-corrected chi connectivity index (χ0v) is 13.9. The van der Waals surface area contributed by atoms with E-state index >= 15 is 0 Å². The van der Waals surface area contributed by atoms with E-state index in [1.807, 2.05) is 0 Å². The minimum atomic E-state index is -0.573. The third-order valence-electron chi connectivity index (χ3n) is 3.45. The molecule has 0 radical (unpaired) electrons. The molecule has 0 atom stereocenters. The van der Waals surface area contributed by atoms with Crippen LogP contribution in [0, 0.1) is 0 Å². The van der Waals surface area contributed by atoms with Crippen LogP contribution in [0.25, 0.3) is 6.08 Å². The number of halogens is 1. The zero-order valence-electron chi connectivity index (χ0n) is 13.1. The van der Waals surface area contributed by atoms with E-state index in [0.29, 0.717) is 27.8 Å². The number of ether oxygens (including phenoxy) is 2. The summed E-state index contributed by atoms with van der Waals surface area (Å²) in [5, 5.41) is 3.34. The smallest absolute Gasteiger partial charge is 0.255 e. The van der Waals surface area contributed by atoms with E-state index in [9.17, 15) is 9.59 Å². The fraction of sp³-hybridized carbons (Fsp3) is 0.111. The van der Waals surface area contributed by atoms with Crippen LogP contribution in [-0.2, 0) is 9.59 Å². The zero-order chi connectivity index (χ0) is 17.8. The number of anilines is 1. The Balaban J connectivity index is 1.72. The normalized spacial score (nSPS) is 12.4. The van der Waals surface area contributed by atoms with Crippen LogP contribution in [-0.4, -0.2) is 25.0 Å². The van der Waals surface area contributed by atoms with Gasteiger partial charge in [-0.2, -0.15) is 0 Å². The minimum absolute atomic E-state index is 0.165. The number of amides is 2. The predicted molar refractivity (Wildman–Crippen MR) is 94.7 cm³/mol. The number of hydrogen-bond donors (Lipinski definition) is 2. The molecule has 2 aromatic rings. The van der Waals surface area contributed by atoms with Gasteiger partial charge in [-0.1, -0.05) is 17.7 Å². The van der Waals surface area contributed by atoms with Crippen LogP contribution < -0.4 is 20.5 Å². The van der Waals surface area contributed by atoms with Crippen molar-refractivity contribution in [1.82, 2.24) is 0 Å². The van der Waals surface area contributed by atoms with Gasteiger partial charge in [0, 0.05) is 22.3 Å². The highest BCUT2D eigenvalue weighted by Gasteiger charge is 2.17. The fourth-order valence-corrected chi connectivity index (χ4v) is 2.49. The maximum absolute atomic E-state index is 12.4. The molecule has 0 fully saturated rings. The lowest BCUT2D eigenvalue weighted by Gasteiger charge is -2.18. The first-order valence-electron chi connectivity index (χ1n) is 7.47. The summed E-state index contributed by atoms with van der Waals surface area (Å²) in [6.45, 7) is -0.0632. The lowest BCUT2D eigenvalue weighted by atomic mass is 10.1. The molecule has 6 nitrogen and oxygen atoms in total. The molecule has 1 aliphatic rings. The van der Waals surface area contributed by atoms with Crippen molar-refractivity contribution in [2.45, 2.75) is 0 Å². The van der Waals surface area contributed by atoms with Crippen LogP contribution in [0.1, 0.15) is 5.56 Å². The Morgan fingerprint density at radius 3 is 2.88 bits per heavy atom. The number of hydrogen-bond acceptors (Lipinski definition) is 4. The molecule has 1 heterocycles. The third kappa shape index (κ3) is 4.30. The summed E-state index contributed by atoms with van der Waals surface area (Å²) < 4.78 is 10.8. The van der Waals surface area contributed by atoms with Crippen molar-refractivity contribution in [2.24, 2.45) is 5.73 Å². The number of fused-ring (bicyclic) bond motifs is 1. The average molecular weight is 359 g/mol. The summed E-state index contributed by atoms with van der Waals surface area (Å²) in [4.78, 5) is 23.2. The predicted octanol–water partition coefficient (Wildman–Crippen LogP) is 2.62. The Morgan fingerprint density at radius 1 is 1.24 bits per heavy atom. The van der Waals surface area contributed by atoms with Gasteiger partial charge in [-0.15, -0.1) is 0 Å². The number of carbonyl (C=O) groups excluding carboxylic acids is 2. The first-order valence-corrected chi connectivity index (χ1v) is 7.84. The number of nitrogens with two attached hydrogens (primary N) is 1. The van der Waals surface area contributed by atoms with E-state index in [1.54, 1.807) is 48.5 Å². The molecule has 0 saturated heterocycles. The summed E-state index contributed by atoms with van der Waals surface area (Å²) in [5.74, 6) is 0.249. The lowest BCUT2D eigenvalue weighted by molar-refractivity contribution is -0.120. The largest absolute Gasteiger partial charge is 0.488 e. The van der Waals surface area contributed by atoms with Crippen LogP contribution in [0.2, 0.25) is 5.02 Å². The van der Waals surface area contributed by atoms with E-state index in [-0.39, 0.29) is 19.1 Å². The van der Waals surface area contributed by atoms with E-state index in [1.165, 1.54) is 0 Å². The van der Waals surface area contributed by atoms with Crippen molar-refractivity contribution in [3.05, 3.63) is 58.6 Å². The van der Waals surface area contributed by atoms with Gasteiger partial charge in [0.05, 0.1) is 5.57 Å². The number of benzene rings is 2. The maximum atomic E-state index is 12.4.